The van der Waals surface area contributed by atoms with Gasteiger partial charge in [-0.15, -0.1) is 0 Å². The third-order valence-corrected chi connectivity index (χ3v) is 4.79. The Morgan fingerprint density at radius 1 is 1.12 bits per heavy atom. The van der Waals surface area contributed by atoms with Gasteiger partial charge in [-0.25, -0.2) is 4.79 Å². The summed E-state index contributed by atoms with van der Waals surface area (Å²) in [6, 6.07) is 4.46. The SMILES string of the molecule is Cc1ccc([C@H]2CC[C@H](NC(=O)OC(C)(C)C)CC2)c2c1OC(C)O2. The minimum atomic E-state index is -0.461. The summed E-state index contributed by atoms with van der Waals surface area (Å²) in [7, 11) is 0. The molecule has 1 fully saturated rings. The Balaban J connectivity index is 1.60. The van der Waals surface area contributed by atoms with Gasteiger partial charge in [-0.3, -0.25) is 0 Å². The van der Waals surface area contributed by atoms with E-state index in [2.05, 4.69) is 17.4 Å². The molecule has 1 aromatic rings. The summed E-state index contributed by atoms with van der Waals surface area (Å²) < 4.78 is 17.1. The number of carbonyl (C=O) groups excluding carboxylic acids is 1. The molecule has 0 radical (unpaired) electrons. The minimum Gasteiger partial charge on any atom is -0.451 e. The monoisotopic (exact) mass is 347 g/mol. The molecule has 1 saturated carbocycles. The summed E-state index contributed by atoms with van der Waals surface area (Å²) in [5, 5.41) is 3.00. The highest BCUT2D eigenvalue weighted by Gasteiger charge is 2.31. The zero-order valence-electron chi connectivity index (χ0n) is 15.8. The van der Waals surface area contributed by atoms with E-state index in [9.17, 15) is 4.79 Å². The number of aryl methyl sites for hydroxylation is 1. The first kappa shape index (κ1) is 17.9. The smallest absolute Gasteiger partial charge is 0.407 e. The minimum absolute atomic E-state index is 0.181. The maximum Gasteiger partial charge on any atom is 0.407 e. The summed E-state index contributed by atoms with van der Waals surface area (Å²) in [6.07, 6.45) is 3.39. The Kier molecular flexibility index (Phi) is 4.85. The summed E-state index contributed by atoms with van der Waals surface area (Å²) in [6.45, 7) is 9.61. The first-order chi connectivity index (χ1) is 11.7. The maximum absolute atomic E-state index is 11.9. The van der Waals surface area contributed by atoms with Crippen LogP contribution in [-0.4, -0.2) is 24.0 Å². The van der Waals surface area contributed by atoms with Gasteiger partial charge in [0.1, 0.15) is 5.60 Å². The molecule has 138 valence electrons. The average Bonchev–Trinajstić information content (AvgIpc) is 2.89. The van der Waals surface area contributed by atoms with Crippen molar-refractivity contribution in [3.8, 4) is 11.5 Å². The Hall–Kier alpha value is -1.91. The van der Waals surface area contributed by atoms with Crippen molar-refractivity contribution in [2.45, 2.75) is 84.2 Å². The first-order valence-corrected chi connectivity index (χ1v) is 9.19. The largest absolute Gasteiger partial charge is 0.451 e. The van der Waals surface area contributed by atoms with Crippen LogP contribution in [0.15, 0.2) is 12.1 Å². The van der Waals surface area contributed by atoms with Crippen LogP contribution >= 0.6 is 0 Å². The fourth-order valence-electron chi connectivity index (χ4n) is 3.64. The normalized spacial score (nSPS) is 25.6. The molecule has 0 spiro atoms. The second-order valence-corrected chi connectivity index (χ2v) is 8.13. The number of ether oxygens (including phenoxy) is 3. The highest BCUT2D eigenvalue weighted by atomic mass is 16.7. The molecule has 2 aliphatic rings. The lowest BCUT2D eigenvalue weighted by atomic mass is 9.81. The van der Waals surface area contributed by atoms with Crippen molar-refractivity contribution in [1.29, 1.82) is 0 Å². The molecule has 25 heavy (non-hydrogen) atoms. The standard InChI is InChI=1S/C20H29NO4/c1-12-6-11-16(18-17(12)23-13(2)24-18)14-7-9-15(10-8-14)21-19(22)25-20(3,4)5/h6,11,13-15H,7-10H2,1-5H3,(H,21,22)/t13?,14-,15-. The molecule has 1 unspecified atom stereocenters. The van der Waals surface area contributed by atoms with E-state index in [1.165, 1.54) is 5.56 Å². The lowest BCUT2D eigenvalue weighted by Crippen LogP contribution is -2.40. The Morgan fingerprint density at radius 3 is 2.40 bits per heavy atom. The van der Waals surface area contributed by atoms with Gasteiger partial charge in [0.2, 0.25) is 6.29 Å². The summed E-state index contributed by atoms with van der Waals surface area (Å²) in [4.78, 5) is 11.9. The molecule has 1 aliphatic heterocycles. The van der Waals surface area contributed by atoms with Crippen molar-refractivity contribution >= 4 is 6.09 Å². The maximum atomic E-state index is 11.9. The van der Waals surface area contributed by atoms with Gasteiger partial charge in [0, 0.05) is 18.5 Å². The van der Waals surface area contributed by atoms with Crippen LogP contribution in [0.2, 0.25) is 0 Å². The van der Waals surface area contributed by atoms with E-state index in [4.69, 9.17) is 14.2 Å². The third-order valence-electron chi connectivity index (χ3n) is 4.79. The number of rotatable bonds is 2. The molecule has 5 heteroatoms. The zero-order valence-corrected chi connectivity index (χ0v) is 15.8. The van der Waals surface area contributed by atoms with Crippen molar-refractivity contribution in [3.05, 3.63) is 23.3 Å². The van der Waals surface area contributed by atoms with E-state index >= 15 is 0 Å². The Morgan fingerprint density at radius 2 is 1.76 bits per heavy atom. The lowest BCUT2D eigenvalue weighted by Gasteiger charge is -2.30. The van der Waals surface area contributed by atoms with Crippen LogP contribution in [0.1, 0.15) is 70.4 Å². The number of hydrogen-bond acceptors (Lipinski definition) is 4. The molecule has 3 rings (SSSR count). The van der Waals surface area contributed by atoms with E-state index in [0.717, 1.165) is 42.7 Å². The second kappa shape index (κ2) is 6.77. The lowest BCUT2D eigenvalue weighted by molar-refractivity contribution is 0.0489. The molecule has 5 nitrogen and oxygen atoms in total. The number of amides is 1. The van der Waals surface area contributed by atoms with Crippen LogP contribution in [0.3, 0.4) is 0 Å². The number of carbonyl (C=O) groups is 1. The molecular formula is C20H29NO4. The molecule has 1 aromatic carbocycles. The van der Waals surface area contributed by atoms with E-state index in [0.29, 0.717) is 5.92 Å². The van der Waals surface area contributed by atoms with Crippen molar-refractivity contribution in [2.75, 3.05) is 0 Å². The molecule has 1 aliphatic carbocycles. The summed E-state index contributed by atoms with van der Waals surface area (Å²) in [5.41, 5.74) is 1.89. The van der Waals surface area contributed by atoms with E-state index in [1.807, 2.05) is 34.6 Å². The van der Waals surface area contributed by atoms with Crippen LogP contribution in [0.4, 0.5) is 4.79 Å². The molecular weight excluding hydrogens is 318 g/mol. The van der Waals surface area contributed by atoms with Gasteiger partial charge in [-0.1, -0.05) is 12.1 Å². The highest BCUT2D eigenvalue weighted by molar-refractivity contribution is 5.68. The molecule has 1 atom stereocenters. The van der Waals surface area contributed by atoms with Gasteiger partial charge in [0.25, 0.3) is 0 Å². The first-order valence-electron chi connectivity index (χ1n) is 9.19. The van der Waals surface area contributed by atoms with Crippen LogP contribution in [0, 0.1) is 6.92 Å². The van der Waals surface area contributed by atoms with Crippen molar-refractivity contribution in [3.63, 3.8) is 0 Å². The van der Waals surface area contributed by atoms with Gasteiger partial charge in [-0.2, -0.15) is 0 Å². The number of hydrogen-bond donors (Lipinski definition) is 1. The van der Waals surface area contributed by atoms with Gasteiger partial charge in [0.15, 0.2) is 11.5 Å². The highest BCUT2D eigenvalue weighted by Crippen LogP contribution is 2.46. The van der Waals surface area contributed by atoms with Crippen molar-refractivity contribution in [1.82, 2.24) is 5.32 Å². The van der Waals surface area contributed by atoms with Crippen LogP contribution in [0.25, 0.3) is 0 Å². The number of alkyl carbamates (subject to hydrolysis) is 1. The van der Waals surface area contributed by atoms with Gasteiger partial charge in [-0.05, 0) is 64.9 Å². The van der Waals surface area contributed by atoms with Crippen LogP contribution in [-0.2, 0) is 4.74 Å². The number of fused-ring (bicyclic) bond motifs is 1. The van der Waals surface area contributed by atoms with Gasteiger partial charge < -0.3 is 19.5 Å². The fraction of sp³-hybridized carbons (Fsp3) is 0.650. The Labute approximate surface area is 150 Å². The quantitative estimate of drug-likeness (QED) is 0.845. The average molecular weight is 347 g/mol. The Bertz CT molecular complexity index is 642. The summed E-state index contributed by atoms with van der Waals surface area (Å²) in [5.74, 6) is 2.25. The number of benzene rings is 1. The van der Waals surface area contributed by atoms with Gasteiger partial charge in [0.05, 0.1) is 0 Å². The molecule has 0 bridgehead atoms. The summed E-state index contributed by atoms with van der Waals surface area (Å²) >= 11 is 0. The van der Waals surface area contributed by atoms with Crippen LogP contribution < -0.4 is 14.8 Å². The van der Waals surface area contributed by atoms with Gasteiger partial charge >= 0.3 is 6.09 Å². The molecule has 1 amide bonds. The topological polar surface area (TPSA) is 56.8 Å². The predicted molar refractivity (Wildman–Crippen MR) is 96.3 cm³/mol. The zero-order chi connectivity index (χ0) is 18.2. The molecule has 1 heterocycles. The van der Waals surface area contributed by atoms with Crippen LogP contribution in [0.5, 0.6) is 11.5 Å². The van der Waals surface area contributed by atoms with E-state index < -0.39 is 5.60 Å². The van der Waals surface area contributed by atoms with Crippen molar-refractivity contribution in [2.24, 2.45) is 0 Å². The second-order valence-electron chi connectivity index (χ2n) is 8.13. The van der Waals surface area contributed by atoms with E-state index in [-0.39, 0.29) is 18.4 Å². The molecule has 0 saturated heterocycles. The molecule has 1 N–H and O–H groups in total. The predicted octanol–water partition coefficient (Wildman–Crippen LogP) is 4.66. The van der Waals surface area contributed by atoms with E-state index in [1.54, 1.807) is 0 Å². The molecule has 0 aromatic heterocycles. The van der Waals surface area contributed by atoms with Crippen molar-refractivity contribution < 1.29 is 19.0 Å². The number of nitrogens with one attached hydrogen (secondary N) is 1. The third kappa shape index (κ3) is 4.20. The fourth-order valence-corrected chi connectivity index (χ4v) is 3.64.